The lowest BCUT2D eigenvalue weighted by Gasteiger charge is -2.46. The number of benzene rings is 1. The molecule has 3 rings (SSSR count). The first kappa shape index (κ1) is 54.4. The lowest BCUT2D eigenvalue weighted by Crippen LogP contribution is -2.38. The van der Waals surface area contributed by atoms with Crippen molar-refractivity contribution in [3.05, 3.63) is 107 Å². The Balaban J connectivity index is 0.00000126. The summed E-state index contributed by atoms with van der Waals surface area (Å²) in [7, 11) is 0. The van der Waals surface area contributed by atoms with Gasteiger partial charge < -0.3 is 0 Å². The first-order valence-electron chi connectivity index (χ1n) is 24.6. The van der Waals surface area contributed by atoms with Gasteiger partial charge in [0.05, 0.1) is 0 Å². The van der Waals surface area contributed by atoms with Crippen LogP contribution in [0.25, 0.3) is 11.6 Å². The molecule has 2 aliphatic rings. The number of rotatable bonds is 20. The topological polar surface area (TPSA) is 0 Å². The molecule has 1 aromatic rings. The molecule has 0 heteroatoms. The molecule has 0 aromatic heterocycles. The van der Waals surface area contributed by atoms with Crippen LogP contribution < -0.4 is 0 Å². The van der Waals surface area contributed by atoms with Crippen molar-refractivity contribution in [2.24, 2.45) is 44.8 Å². The third-order valence-electron chi connectivity index (χ3n) is 15.3. The van der Waals surface area contributed by atoms with Crippen molar-refractivity contribution in [3.63, 3.8) is 0 Å². The molecule has 0 radical (unpaired) electrons. The Morgan fingerprint density at radius 2 is 1.22 bits per heavy atom. The van der Waals surface area contributed by atoms with Gasteiger partial charge in [-0.1, -0.05) is 261 Å². The number of hydrogen-bond donors (Lipinski definition) is 0. The summed E-state index contributed by atoms with van der Waals surface area (Å²) in [6, 6.07) is 9.03. The van der Waals surface area contributed by atoms with Crippen LogP contribution in [0.2, 0.25) is 0 Å². The fourth-order valence-corrected chi connectivity index (χ4v) is 8.77. The van der Waals surface area contributed by atoms with E-state index in [9.17, 15) is 0 Å². The van der Waals surface area contributed by atoms with Crippen LogP contribution in [0.3, 0.4) is 0 Å². The minimum absolute atomic E-state index is 0.00781. The SMILES string of the molecule is C/C=C\C(C)(C)C(C)(C)C.C=CC(C)/C1=C/C2=CC=C(C(C)CC(C)(C)C(C)(C)C(C)C)C=C(/C=C/c3ccccc31)C2(CCCCCC)CCCCCCCC.CC. The second kappa shape index (κ2) is 25.4. The van der Waals surface area contributed by atoms with Crippen LogP contribution in [0.4, 0.5) is 0 Å². The van der Waals surface area contributed by atoms with Gasteiger partial charge >= 0.3 is 0 Å². The molecule has 3 unspecified atom stereocenters. The Morgan fingerprint density at radius 3 is 1.73 bits per heavy atom. The smallest absolute Gasteiger partial charge is 0.0203 e. The van der Waals surface area contributed by atoms with Crippen molar-refractivity contribution in [2.45, 2.75) is 208 Å². The van der Waals surface area contributed by atoms with Crippen molar-refractivity contribution >= 4 is 11.6 Å². The zero-order valence-corrected chi connectivity index (χ0v) is 42.6. The van der Waals surface area contributed by atoms with Gasteiger partial charge in [-0.2, -0.15) is 0 Å². The van der Waals surface area contributed by atoms with Gasteiger partial charge in [0.1, 0.15) is 0 Å². The molecule has 0 amide bonds. The molecular weight excluding hydrogens is 709 g/mol. The zero-order chi connectivity index (χ0) is 45.1. The highest BCUT2D eigenvalue weighted by atomic mass is 14.5. The van der Waals surface area contributed by atoms with Crippen molar-refractivity contribution < 1.29 is 0 Å². The summed E-state index contributed by atoms with van der Waals surface area (Å²) in [5, 5.41) is 0. The molecule has 0 saturated heterocycles. The fourth-order valence-electron chi connectivity index (χ4n) is 8.77. The molecule has 0 heterocycles. The first-order valence-corrected chi connectivity index (χ1v) is 24.6. The second-order valence-corrected chi connectivity index (χ2v) is 21.2. The van der Waals surface area contributed by atoms with Crippen LogP contribution >= 0.6 is 0 Å². The molecule has 2 aliphatic carbocycles. The molecule has 0 spiro atoms. The van der Waals surface area contributed by atoms with E-state index >= 15 is 0 Å². The summed E-state index contributed by atoms with van der Waals surface area (Å²) in [6.45, 7) is 45.9. The van der Waals surface area contributed by atoms with Crippen molar-refractivity contribution in [3.8, 4) is 0 Å². The van der Waals surface area contributed by atoms with Gasteiger partial charge in [-0.15, -0.1) is 6.58 Å². The van der Waals surface area contributed by atoms with E-state index in [-0.39, 0.29) is 22.2 Å². The van der Waals surface area contributed by atoms with Crippen molar-refractivity contribution in [1.29, 1.82) is 0 Å². The maximum absolute atomic E-state index is 4.28. The van der Waals surface area contributed by atoms with E-state index in [1.54, 1.807) is 0 Å². The van der Waals surface area contributed by atoms with Crippen LogP contribution in [0.15, 0.2) is 96.2 Å². The summed E-state index contributed by atoms with van der Waals surface area (Å²) in [5.41, 5.74) is 9.76. The lowest BCUT2D eigenvalue weighted by molar-refractivity contribution is 0.0385. The molecule has 334 valence electrons. The highest BCUT2D eigenvalue weighted by Gasteiger charge is 2.42. The molecule has 0 N–H and O–H groups in total. The molecule has 0 aliphatic heterocycles. The summed E-state index contributed by atoms with van der Waals surface area (Å²) in [5.74, 6) is 1.38. The van der Waals surface area contributed by atoms with E-state index < -0.39 is 0 Å². The monoisotopic (exact) mass is 807 g/mol. The number of allylic oxidation sites excluding steroid dienone is 12. The molecule has 59 heavy (non-hydrogen) atoms. The number of hydrogen-bond acceptors (Lipinski definition) is 0. The van der Waals surface area contributed by atoms with Gasteiger partial charge in [-0.05, 0) is 99.0 Å². The third-order valence-corrected chi connectivity index (χ3v) is 15.3. The Bertz CT molecular complexity index is 1560. The van der Waals surface area contributed by atoms with Gasteiger partial charge in [0.2, 0.25) is 0 Å². The van der Waals surface area contributed by atoms with Crippen LogP contribution in [-0.2, 0) is 0 Å². The van der Waals surface area contributed by atoms with Crippen LogP contribution in [0, 0.1) is 44.8 Å². The summed E-state index contributed by atoms with van der Waals surface area (Å²) in [6.07, 6.45) is 38.7. The minimum Gasteiger partial charge on any atom is -0.102 e. The van der Waals surface area contributed by atoms with Crippen molar-refractivity contribution in [1.82, 2.24) is 0 Å². The van der Waals surface area contributed by atoms with E-state index in [4.69, 9.17) is 0 Å². The van der Waals surface area contributed by atoms with E-state index in [0.29, 0.717) is 22.7 Å². The average molecular weight is 807 g/mol. The Labute approximate surface area is 370 Å². The molecule has 0 fully saturated rings. The van der Waals surface area contributed by atoms with Gasteiger partial charge in [-0.3, -0.25) is 0 Å². The second-order valence-electron chi connectivity index (χ2n) is 21.2. The Kier molecular flexibility index (Phi) is 23.4. The Morgan fingerprint density at radius 1 is 0.678 bits per heavy atom. The standard InChI is InChI=1S/C47H72.C10H20.C2H6/c1-12-15-17-19-20-24-32-47(31-23-18-16-13-2)41-29-27-39-25-21-22-26-43(39)44(37(6)14-3)34-42(47)30-28-40(33-41)38(7)35-45(8,9)46(10,11)36(4)5;1-7-8-10(5,6)9(2,3)4;1-2/h14,21-22,25-30,33-34,36-38H,3,12-13,15-20,23-24,31-32,35H2,1-2,4-11H3;7-8H,1-6H3;1-2H3/b29-27+,39-27?,41-29?,42-34?,44-34-,44-43?;8-7-;. The van der Waals surface area contributed by atoms with Gasteiger partial charge in [0.25, 0.3) is 0 Å². The van der Waals surface area contributed by atoms with E-state index in [0.717, 1.165) is 0 Å². The summed E-state index contributed by atoms with van der Waals surface area (Å²) < 4.78 is 0. The molecule has 3 atom stereocenters. The molecule has 0 nitrogen and oxygen atoms in total. The van der Waals surface area contributed by atoms with E-state index in [1.807, 2.05) is 13.8 Å². The molecular formula is C59H98. The maximum atomic E-state index is 4.28. The van der Waals surface area contributed by atoms with Crippen LogP contribution in [0.1, 0.15) is 219 Å². The van der Waals surface area contributed by atoms with E-state index in [1.165, 1.54) is 117 Å². The fraction of sp³-hybridized carbons (Fsp3) is 0.661. The minimum atomic E-state index is 0.00781. The Hall–Kier alpha value is -2.60. The van der Waals surface area contributed by atoms with Gasteiger partial charge in [0, 0.05) is 5.41 Å². The number of unbranched alkanes of at least 4 members (excludes halogenated alkanes) is 8. The predicted molar refractivity (Wildman–Crippen MR) is 272 cm³/mol. The lowest BCUT2D eigenvalue weighted by atomic mass is 9.59. The van der Waals surface area contributed by atoms with E-state index in [2.05, 4.69) is 196 Å². The maximum Gasteiger partial charge on any atom is 0.0203 e. The predicted octanol–water partition coefficient (Wildman–Crippen LogP) is 19.8. The van der Waals surface area contributed by atoms with Crippen LogP contribution in [-0.4, -0.2) is 0 Å². The highest BCUT2D eigenvalue weighted by Crippen LogP contribution is 2.53. The van der Waals surface area contributed by atoms with Gasteiger partial charge in [-0.25, -0.2) is 0 Å². The largest absolute Gasteiger partial charge is 0.102 e. The first-order chi connectivity index (χ1) is 27.7. The highest BCUT2D eigenvalue weighted by molar-refractivity contribution is 5.80. The third kappa shape index (κ3) is 15.4. The normalized spacial score (nSPS) is 19.7. The molecule has 0 saturated carbocycles. The quantitative estimate of drug-likeness (QED) is 0.0909. The average Bonchev–Trinajstić information content (AvgIpc) is 3.29. The molecule has 2 bridgehead atoms. The van der Waals surface area contributed by atoms with Crippen molar-refractivity contribution in [2.75, 3.05) is 0 Å². The van der Waals surface area contributed by atoms with Crippen LogP contribution in [0.5, 0.6) is 0 Å². The van der Waals surface area contributed by atoms with Gasteiger partial charge in [0.15, 0.2) is 0 Å². The number of fused-ring (bicyclic) bond motifs is 3. The zero-order valence-electron chi connectivity index (χ0n) is 42.6. The molecule has 1 aromatic carbocycles. The summed E-state index contributed by atoms with van der Waals surface area (Å²) in [4.78, 5) is 0. The summed E-state index contributed by atoms with van der Waals surface area (Å²) >= 11 is 0.